The predicted octanol–water partition coefficient (Wildman–Crippen LogP) is -2.40. The molecule has 0 radical (unpaired) electrons. The van der Waals surface area contributed by atoms with Crippen LogP contribution in [-0.2, 0) is 15.0 Å². The van der Waals surface area contributed by atoms with Crippen LogP contribution in [0.3, 0.4) is 0 Å². The van der Waals surface area contributed by atoms with Crippen molar-refractivity contribution < 1.29 is 37.8 Å². The summed E-state index contributed by atoms with van der Waals surface area (Å²) in [4.78, 5) is 48.3. The lowest BCUT2D eigenvalue weighted by Gasteiger charge is -2.34. The summed E-state index contributed by atoms with van der Waals surface area (Å²) in [5.41, 5.74) is 7.38. The number of hydrazine groups is 1. The van der Waals surface area contributed by atoms with Gasteiger partial charge in [0.15, 0.2) is 11.5 Å². The highest BCUT2D eigenvalue weighted by molar-refractivity contribution is 7.88. The summed E-state index contributed by atoms with van der Waals surface area (Å²) in [6, 6.07) is -0.0872. The molecule has 1 atom stereocenters. The number of hydrogen-bond donors (Lipinski definition) is 5. The zero-order valence-electron chi connectivity index (χ0n) is 14.6. The first-order chi connectivity index (χ1) is 13.5. The van der Waals surface area contributed by atoms with E-state index in [2.05, 4.69) is 5.43 Å². The van der Waals surface area contributed by atoms with E-state index in [4.69, 9.17) is 5.73 Å². The van der Waals surface area contributed by atoms with Crippen LogP contribution < -0.4 is 15.9 Å². The Bertz CT molecular complexity index is 1010. The van der Waals surface area contributed by atoms with Crippen LogP contribution in [-0.4, -0.2) is 82.4 Å². The van der Waals surface area contributed by atoms with Gasteiger partial charge in [0, 0.05) is 5.56 Å². The molecule has 3 rings (SSSR count). The minimum atomic E-state index is -4.63. The Labute approximate surface area is 163 Å². The van der Waals surface area contributed by atoms with Gasteiger partial charge in [-0.05, 0) is 18.2 Å². The first-order valence-electron chi connectivity index (χ1n) is 8.07. The normalized spacial score (nSPS) is 19.2. The first-order valence-corrected chi connectivity index (χ1v) is 9.51. The van der Waals surface area contributed by atoms with Gasteiger partial charge < -0.3 is 15.9 Å². The fourth-order valence-corrected chi connectivity index (χ4v) is 3.62. The molecule has 156 valence electrons. The van der Waals surface area contributed by atoms with E-state index in [9.17, 15) is 37.8 Å². The van der Waals surface area contributed by atoms with Gasteiger partial charge in [0.1, 0.15) is 6.04 Å². The zero-order valence-corrected chi connectivity index (χ0v) is 15.4. The summed E-state index contributed by atoms with van der Waals surface area (Å²) in [5, 5.41) is 19.4. The Morgan fingerprint density at radius 1 is 1.14 bits per heavy atom. The molecule has 2 aliphatic heterocycles. The molecule has 0 saturated carbocycles. The third-order valence-corrected chi connectivity index (χ3v) is 5.51. The molecule has 0 bridgehead atoms. The molecule has 2 saturated heterocycles. The highest BCUT2D eigenvalue weighted by atomic mass is 32.2. The average Bonchev–Trinajstić information content (AvgIpc) is 3.02. The van der Waals surface area contributed by atoms with Crippen molar-refractivity contribution in [2.75, 3.05) is 19.6 Å². The molecular formula is C14H16N6O8S. The Hall–Kier alpha value is -3.59. The number of hydrogen-bond acceptors (Lipinski definition) is 9. The van der Waals surface area contributed by atoms with Crippen LogP contribution >= 0.6 is 0 Å². The number of nitrogens with two attached hydrogens (primary N) is 1. The second-order valence-electron chi connectivity index (χ2n) is 6.12. The van der Waals surface area contributed by atoms with Gasteiger partial charge in [-0.15, -0.1) is 0 Å². The van der Waals surface area contributed by atoms with Crippen molar-refractivity contribution in [1.29, 1.82) is 0 Å². The molecule has 15 heteroatoms. The number of phenols is 2. The molecule has 2 fully saturated rings. The largest absolute Gasteiger partial charge is 0.504 e. The van der Waals surface area contributed by atoms with Gasteiger partial charge in [-0.2, -0.15) is 8.42 Å². The molecule has 6 N–H and O–H groups in total. The molecule has 0 aromatic heterocycles. The van der Waals surface area contributed by atoms with Crippen LogP contribution in [0.2, 0.25) is 0 Å². The van der Waals surface area contributed by atoms with Crippen molar-refractivity contribution in [3.8, 4) is 11.5 Å². The van der Waals surface area contributed by atoms with Crippen molar-refractivity contribution in [2.24, 2.45) is 5.73 Å². The number of urea groups is 2. The molecule has 0 aliphatic carbocycles. The smallest absolute Gasteiger partial charge is 0.353 e. The number of amides is 6. The number of nitrogens with zero attached hydrogens (tertiary/aromatic N) is 3. The predicted molar refractivity (Wildman–Crippen MR) is 93.2 cm³/mol. The highest BCUT2D eigenvalue weighted by Gasteiger charge is 2.43. The van der Waals surface area contributed by atoms with E-state index in [1.54, 1.807) is 4.72 Å². The standard InChI is InChI=1S/C14H16N6O8S/c15-8-6-18(12(8)24)13(25)17-29(27,28)20-4-3-19(14(20)26)16-11(23)7-1-2-9(21)10(22)5-7/h1-2,5,8,21-22H,3-4,6,15H2,(H,16,23)(H,17,25). The number of carbonyl (C=O) groups is 4. The summed E-state index contributed by atoms with van der Waals surface area (Å²) < 4.78 is 26.4. The molecule has 2 heterocycles. The van der Waals surface area contributed by atoms with Crippen LogP contribution in [0.5, 0.6) is 11.5 Å². The Kier molecular flexibility index (Phi) is 4.93. The number of benzene rings is 1. The van der Waals surface area contributed by atoms with Gasteiger partial charge in [0.2, 0.25) is 5.91 Å². The van der Waals surface area contributed by atoms with Gasteiger partial charge in [0.25, 0.3) is 5.91 Å². The first kappa shape index (κ1) is 20.2. The summed E-state index contributed by atoms with van der Waals surface area (Å²) in [6.45, 7) is -0.761. The molecule has 1 aromatic carbocycles. The van der Waals surface area contributed by atoms with E-state index in [1.807, 2.05) is 0 Å². The van der Waals surface area contributed by atoms with Crippen LogP contribution in [0.15, 0.2) is 18.2 Å². The number of phenolic OH excluding ortho intramolecular Hbond substituents is 2. The van der Waals surface area contributed by atoms with Gasteiger partial charge in [-0.1, -0.05) is 0 Å². The number of β-lactam (4-membered cyclic amide) rings is 1. The maximum absolute atomic E-state index is 12.3. The van der Waals surface area contributed by atoms with E-state index in [0.717, 1.165) is 12.1 Å². The molecule has 1 aromatic rings. The van der Waals surface area contributed by atoms with E-state index in [0.29, 0.717) is 14.2 Å². The summed E-state index contributed by atoms with van der Waals surface area (Å²) in [5.74, 6) is -2.61. The summed E-state index contributed by atoms with van der Waals surface area (Å²) in [7, 11) is -4.63. The number of aromatic hydroxyl groups is 2. The van der Waals surface area contributed by atoms with E-state index < -0.39 is 51.6 Å². The fraction of sp³-hybridized carbons (Fsp3) is 0.286. The molecular weight excluding hydrogens is 412 g/mol. The van der Waals surface area contributed by atoms with E-state index in [-0.39, 0.29) is 25.2 Å². The monoisotopic (exact) mass is 428 g/mol. The zero-order chi connectivity index (χ0) is 21.5. The van der Waals surface area contributed by atoms with Crippen molar-refractivity contribution in [3.63, 3.8) is 0 Å². The molecule has 1 unspecified atom stereocenters. The summed E-state index contributed by atoms with van der Waals surface area (Å²) >= 11 is 0. The SMILES string of the molecule is NC1CN(C(=O)NS(=O)(=O)N2CCN(NC(=O)c3ccc(O)c(O)c3)C2=O)C1=O. The second kappa shape index (κ2) is 7.10. The van der Waals surface area contributed by atoms with Gasteiger partial charge in [-0.25, -0.2) is 23.6 Å². The third-order valence-electron chi connectivity index (χ3n) is 4.16. The number of nitrogens with one attached hydrogen (secondary N) is 2. The number of rotatable bonds is 4. The molecule has 2 aliphatic rings. The average molecular weight is 428 g/mol. The maximum atomic E-state index is 12.3. The van der Waals surface area contributed by atoms with E-state index in [1.165, 1.54) is 6.07 Å². The number of likely N-dealkylation sites (tertiary alicyclic amines) is 1. The van der Waals surface area contributed by atoms with Crippen molar-refractivity contribution in [1.82, 2.24) is 24.4 Å². The summed E-state index contributed by atoms with van der Waals surface area (Å²) in [6.07, 6.45) is 0. The van der Waals surface area contributed by atoms with Crippen LogP contribution in [0.1, 0.15) is 10.4 Å². The molecule has 0 spiro atoms. The Morgan fingerprint density at radius 2 is 1.83 bits per heavy atom. The topological polar surface area (TPSA) is 203 Å². The molecule has 29 heavy (non-hydrogen) atoms. The molecule has 14 nitrogen and oxygen atoms in total. The van der Waals surface area contributed by atoms with Crippen LogP contribution in [0.4, 0.5) is 9.59 Å². The van der Waals surface area contributed by atoms with E-state index >= 15 is 0 Å². The maximum Gasteiger partial charge on any atom is 0.353 e. The van der Waals surface area contributed by atoms with Gasteiger partial charge in [0.05, 0.1) is 19.6 Å². The highest BCUT2D eigenvalue weighted by Crippen LogP contribution is 2.25. The quantitative estimate of drug-likeness (QED) is 0.256. The fourth-order valence-electron chi connectivity index (χ4n) is 2.55. The third kappa shape index (κ3) is 3.72. The lowest BCUT2D eigenvalue weighted by molar-refractivity contribution is -0.137. The van der Waals surface area contributed by atoms with Crippen LogP contribution in [0.25, 0.3) is 0 Å². The minimum absolute atomic E-state index is 0.102. The second-order valence-corrected chi connectivity index (χ2v) is 7.71. The van der Waals surface area contributed by atoms with Crippen molar-refractivity contribution in [3.05, 3.63) is 23.8 Å². The van der Waals surface area contributed by atoms with Crippen molar-refractivity contribution >= 4 is 34.1 Å². The molecule has 6 amide bonds. The lowest BCUT2D eigenvalue weighted by Crippen LogP contribution is -2.66. The van der Waals surface area contributed by atoms with Gasteiger partial charge in [-0.3, -0.25) is 19.9 Å². The Balaban J connectivity index is 1.64. The Morgan fingerprint density at radius 3 is 2.41 bits per heavy atom. The minimum Gasteiger partial charge on any atom is -0.504 e. The van der Waals surface area contributed by atoms with Gasteiger partial charge >= 0.3 is 22.3 Å². The number of imide groups is 1. The van der Waals surface area contributed by atoms with Crippen LogP contribution in [0, 0.1) is 0 Å². The lowest BCUT2D eigenvalue weighted by atomic mass is 10.1. The number of carbonyl (C=O) groups excluding carboxylic acids is 4. The van der Waals surface area contributed by atoms with Crippen molar-refractivity contribution in [2.45, 2.75) is 6.04 Å².